The maximum atomic E-state index is 11.4. The first-order valence-electron chi connectivity index (χ1n) is 6.06. The Morgan fingerprint density at radius 2 is 1.69 bits per heavy atom. The monoisotopic (exact) mass is 248 g/mol. The van der Waals surface area contributed by atoms with E-state index >= 15 is 0 Å². The molecule has 0 radical (unpaired) electrons. The lowest BCUT2D eigenvalue weighted by molar-refractivity contribution is -0.123. The van der Waals surface area contributed by atoms with Gasteiger partial charge in [0.05, 0.1) is 6.04 Å². The van der Waals surface area contributed by atoms with Gasteiger partial charge in [0, 0.05) is 6.04 Å². The molecular weight excluding hydrogens is 224 g/mol. The van der Waals surface area contributed by atoms with Crippen molar-refractivity contribution in [2.45, 2.75) is 58.5 Å². The number of carbonyl (C=O) groups excluding carboxylic acids is 1. The van der Waals surface area contributed by atoms with Crippen molar-refractivity contribution in [3.05, 3.63) is 0 Å². The fourth-order valence-electron chi connectivity index (χ4n) is 2.26. The molecule has 1 amide bonds. The molecule has 1 aliphatic rings. The minimum absolute atomic E-state index is 0. The van der Waals surface area contributed by atoms with Crippen molar-refractivity contribution >= 4 is 18.3 Å². The Labute approximate surface area is 105 Å². The topological polar surface area (TPSA) is 55.1 Å². The van der Waals surface area contributed by atoms with Gasteiger partial charge < -0.3 is 11.1 Å². The molecule has 1 saturated carbocycles. The predicted octanol–water partition coefficient (Wildman–Crippen LogP) is 2.09. The molecule has 0 bridgehead atoms. The molecule has 0 aromatic carbocycles. The van der Waals surface area contributed by atoms with E-state index in [1.54, 1.807) is 6.92 Å². The second kappa shape index (κ2) is 7.13. The number of carbonyl (C=O) groups is 1. The summed E-state index contributed by atoms with van der Waals surface area (Å²) in [6.07, 6.45) is 4.70. The SMILES string of the molecule is CC(C)C1CCC(NC(=O)[C@H](C)N)CC1.Cl. The molecule has 1 fully saturated rings. The molecule has 0 unspecified atom stereocenters. The Balaban J connectivity index is 0.00000225. The number of nitrogens with two attached hydrogens (primary N) is 1. The van der Waals surface area contributed by atoms with Gasteiger partial charge in [0.25, 0.3) is 0 Å². The zero-order valence-electron chi connectivity index (χ0n) is 10.5. The van der Waals surface area contributed by atoms with Gasteiger partial charge in [-0.3, -0.25) is 4.79 Å². The minimum Gasteiger partial charge on any atom is -0.352 e. The second-order valence-corrected chi connectivity index (χ2v) is 5.15. The van der Waals surface area contributed by atoms with Gasteiger partial charge in [-0.2, -0.15) is 0 Å². The Kier molecular flexibility index (Phi) is 7.00. The van der Waals surface area contributed by atoms with E-state index in [0.29, 0.717) is 6.04 Å². The molecule has 3 N–H and O–H groups in total. The van der Waals surface area contributed by atoms with E-state index in [9.17, 15) is 4.79 Å². The summed E-state index contributed by atoms with van der Waals surface area (Å²) >= 11 is 0. The van der Waals surface area contributed by atoms with Crippen LogP contribution in [-0.2, 0) is 4.79 Å². The molecule has 1 atom stereocenters. The van der Waals surface area contributed by atoms with Crippen molar-refractivity contribution in [1.29, 1.82) is 0 Å². The van der Waals surface area contributed by atoms with Crippen molar-refractivity contribution in [2.75, 3.05) is 0 Å². The average Bonchev–Trinajstić information content (AvgIpc) is 2.18. The van der Waals surface area contributed by atoms with Gasteiger partial charge in [-0.25, -0.2) is 0 Å². The molecule has 4 heteroatoms. The zero-order valence-corrected chi connectivity index (χ0v) is 11.3. The van der Waals surface area contributed by atoms with Crippen molar-refractivity contribution in [1.82, 2.24) is 5.32 Å². The first-order chi connectivity index (χ1) is 7.00. The molecule has 0 spiro atoms. The summed E-state index contributed by atoms with van der Waals surface area (Å²) in [5.74, 6) is 1.60. The molecular formula is C12H25ClN2O. The highest BCUT2D eigenvalue weighted by molar-refractivity contribution is 5.85. The maximum Gasteiger partial charge on any atom is 0.236 e. The molecule has 3 nitrogen and oxygen atoms in total. The van der Waals surface area contributed by atoms with Gasteiger partial charge >= 0.3 is 0 Å². The number of hydrogen-bond donors (Lipinski definition) is 2. The first-order valence-corrected chi connectivity index (χ1v) is 6.06. The van der Waals surface area contributed by atoms with Crippen LogP contribution in [0.4, 0.5) is 0 Å². The van der Waals surface area contributed by atoms with Gasteiger partial charge in [0.1, 0.15) is 0 Å². The van der Waals surface area contributed by atoms with Crippen molar-refractivity contribution in [2.24, 2.45) is 17.6 Å². The normalized spacial score (nSPS) is 27.1. The van der Waals surface area contributed by atoms with Crippen LogP contribution in [0, 0.1) is 11.8 Å². The lowest BCUT2D eigenvalue weighted by Gasteiger charge is -2.31. The van der Waals surface area contributed by atoms with E-state index in [2.05, 4.69) is 19.2 Å². The summed E-state index contributed by atoms with van der Waals surface area (Å²) in [4.78, 5) is 11.4. The molecule has 96 valence electrons. The third-order valence-corrected chi connectivity index (χ3v) is 3.47. The molecule has 0 saturated heterocycles. The van der Waals surface area contributed by atoms with E-state index in [-0.39, 0.29) is 24.4 Å². The van der Waals surface area contributed by atoms with Crippen molar-refractivity contribution in [3.8, 4) is 0 Å². The summed E-state index contributed by atoms with van der Waals surface area (Å²) in [5, 5.41) is 3.01. The Morgan fingerprint density at radius 1 is 1.19 bits per heavy atom. The molecule has 1 aliphatic carbocycles. The summed E-state index contributed by atoms with van der Waals surface area (Å²) in [6, 6.07) is -0.0219. The standard InChI is InChI=1S/C12H24N2O.ClH/c1-8(2)10-4-6-11(7-5-10)14-12(15)9(3)13;/h8-11H,4-7,13H2,1-3H3,(H,14,15);1H/t9-,10?,11?;/m0./s1. The molecule has 0 aromatic rings. The van der Waals surface area contributed by atoms with Crippen LogP contribution in [-0.4, -0.2) is 18.0 Å². The highest BCUT2D eigenvalue weighted by atomic mass is 35.5. The highest BCUT2D eigenvalue weighted by Gasteiger charge is 2.24. The Hall–Kier alpha value is -0.280. The van der Waals surface area contributed by atoms with E-state index in [4.69, 9.17) is 5.73 Å². The van der Waals surface area contributed by atoms with Gasteiger partial charge in [0.2, 0.25) is 5.91 Å². The summed E-state index contributed by atoms with van der Waals surface area (Å²) < 4.78 is 0. The summed E-state index contributed by atoms with van der Waals surface area (Å²) in [6.45, 7) is 6.30. The first kappa shape index (κ1) is 15.7. The number of amides is 1. The largest absolute Gasteiger partial charge is 0.352 e. The Bertz CT molecular complexity index is 211. The number of halogens is 1. The molecule has 1 rings (SSSR count). The van der Waals surface area contributed by atoms with Crippen LogP contribution in [0.3, 0.4) is 0 Å². The lowest BCUT2D eigenvalue weighted by Crippen LogP contribution is -2.45. The Morgan fingerprint density at radius 3 is 2.06 bits per heavy atom. The second-order valence-electron chi connectivity index (χ2n) is 5.15. The van der Waals surface area contributed by atoms with Crippen molar-refractivity contribution < 1.29 is 4.79 Å². The predicted molar refractivity (Wildman–Crippen MR) is 69.6 cm³/mol. The van der Waals surface area contributed by atoms with Crippen LogP contribution >= 0.6 is 12.4 Å². The lowest BCUT2D eigenvalue weighted by atomic mass is 9.79. The highest BCUT2D eigenvalue weighted by Crippen LogP contribution is 2.29. The van der Waals surface area contributed by atoms with Gasteiger partial charge in [-0.15, -0.1) is 12.4 Å². The van der Waals surface area contributed by atoms with Gasteiger partial charge in [-0.1, -0.05) is 13.8 Å². The molecule has 16 heavy (non-hydrogen) atoms. The van der Waals surface area contributed by atoms with Crippen LogP contribution in [0.1, 0.15) is 46.5 Å². The van der Waals surface area contributed by atoms with Crippen LogP contribution in [0.25, 0.3) is 0 Å². The molecule has 0 heterocycles. The summed E-state index contributed by atoms with van der Waals surface area (Å²) in [7, 11) is 0. The molecule has 0 aromatic heterocycles. The third-order valence-electron chi connectivity index (χ3n) is 3.47. The zero-order chi connectivity index (χ0) is 11.4. The number of hydrogen-bond acceptors (Lipinski definition) is 2. The average molecular weight is 249 g/mol. The fourth-order valence-corrected chi connectivity index (χ4v) is 2.26. The van der Waals surface area contributed by atoms with Crippen LogP contribution < -0.4 is 11.1 Å². The van der Waals surface area contributed by atoms with E-state index < -0.39 is 0 Å². The molecule has 0 aliphatic heterocycles. The van der Waals surface area contributed by atoms with Crippen LogP contribution in [0.2, 0.25) is 0 Å². The van der Waals surface area contributed by atoms with Crippen LogP contribution in [0.15, 0.2) is 0 Å². The quantitative estimate of drug-likeness (QED) is 0.804. The maximum absolute atomic E-state index is 11.4. The number of rotatable bonds is 3. The smallest absolute Gasteiger partial charge is 0.236 e. The minimum atomic E-state index is -0.382. The van der Waals surface area contributed by atoms with E-state index in [1.165, 1.54) is 12.8 Å². The number of nitrogens with one attached hydrogen (secondary N) is 1. The summed E-state index contributed by atoms with van der Waals surface area (Å²) in [5.41, 5.74) is 5.52. The fraction of sp³-hybridized carbons (Fsp3) is 0.917. The van der Waals surface area contributed by atoms with Crippen molar-refractivity contribution in [3.63, 3.8) is 0 Å². The third kappa shape index (κ3) is 4.71. The van der Waals surface area contributed by atoms with E-state index in [0.717, 1.165) is 24.7 Å². The van der Waals surface area contributed by atoms with Gasteiger partial charge in [0.15, 0.2) is 0 Å². The van der Waals surface area contributed by atoms with Crippen LogP contribution in [0.5, 0.6) is 0 Å². The van der Waals surface area contributed by atoms with Gasteiger partial charge in [-0.05, 0) is 44.4 Å². The van der Waals surface area contributed by atoms with E-state index in [1.807, 2.05) is 0 Å².